The fourth-order valence-electron chi connectivity index (χ4n) is 2.85. The van der Waals surface area contributed by atoms with Crippen molar-refractivity contribution in [2.45, 2.75) is 0 Å². The Morgan fingerprint density at radius 2 is 1.66 bits per heavy atom. The van der Waals surface area contributed by atoms with Crippen molar-refractivity contribution >= 4 is 23.2 Å². The zero-order chi connectivity index (χ0) is 20.2. The maximum absolute atomic E-state index is 12.6. The summed E-state index contributed by atoms with van der Waals surface area (Å²) in [6.45, 7) is 0. The van der Waals surface area contributed by atoms with Crippen molar-refractivity contribution in [3.63, 3.8) is 0 Å². The lowest BCUT2D eigenvalue weighted by molar-refractivity contribution is 0.102. The van der Waals surface area contributed by atoms with Crippen molar-refractivity contribution in [1.29, 1.82) is 0 Å². The van der Waals surface area contributed by atoms with Gasteiger partial charge in [0.2, 0.25) is 5.82 Å². The fourth-order valence-corrected chi connectivity index (χ4v) is 2.97. The zero-order valence-electron chi connectivity index (χ0n) is 15.4. The Balaban J connectivity index is 1.64. The first-order valence-electron chi connectivity index (χ1n) is 8.79. The second-order valence-electron chi connectivity index (χ2n) is 6.13. The van der Waals surface area contributed by atoms with Crippen LogP contribution in [0.3, 0.4) is 0 Å². The molecular weight excluding hydrogens is 390 g/mol. The smallest absolute Gasteiger partial charge is 0.260 e. The van der Waals surface area contributed by atoms with E-state index >= 15 is 0 Å². The van der Waals surface area contributed by atoms with Crippen LogP contribution in [0.2, 0.25) is 5.02 Å². The van der Waals surface area contributed by atoms with E-state index in [0.717, 1.165) is 0 Å². The lowest BCUT2D eigenvalue weighted by Gasteiger charge is -2.08. The van der Waals surface area contributed by atoms with Crippen LogP contribution in [-0.2, 0) is 0 Å². The number of para-hydroxylation sites is 2. The van der Waals surface area contributed by atoms with Gasteiger partial charge in [-0.2, -0.15) is 4.98 Å². The van der Waals surface area contributed by atoms with Gasteiger partial charge in [-0.3, -0.25) is 4.79 Å². The molecule has 0 aliphatic heterocycles. The van der Waals surface area contributed by atoms with Crippen molar-refractivity contribution in [3.8, 4) is 28.6 Å². The van der Waals surface area contributed by atoms with Crippen LogP contribution in [0.4, 0.5) is 5.69 Å². The second-order valence-corrected chi connectivity index (χ2v) is 6.57. The molecule has 1 heterocycles. The number of amides is 1. The molecule has 29 heavy (non-hydrogen) atoms. The van der Waals surface area contributed by atoms with Gasteiger partial charge in [0.15, 0.2) is 0 Å². The molecule has 6 nitrogen and oxygen atoms in total. The summed E-state index contributed by atoms with van der Waals surface area (Å²) in [4.78, 5) is 17.1. The van der Waals surface area contributed by atoms with Gasteiger partial charge in [-0.05, 0) is 48.5 Å². The third kappa shape index (κ3) is 3.97. The number of carbonyl (C=O) groups is 1. The maximum Gasteiger partial charge on any atom is 0.260 e. The molecule has 0 unspecified atom stereocenters. The van der Waals surface area contributed by atoms with E-state index < -0.39 is 0 Å². The van der Waals surface area contributed by atoms with Gasteiger partial charge in [0, 0.05) is 10.6 Å². The first-order chi connectivity index (χ1) is 14.2. The monoisotopic (exact) mass is 405 g/mol. The Bertz CT molecular complexity index is 1160. The summed E-state index contributed by atoms with van der Waals surface area (Å²) >= 11 is 5.89. The SMILES string of the molecule is COc1ccccc1-c1noc(-c2ccccc2NC(=O)c2ccc(Cl)cc2)n1. The third-order valence-corrected chi connectivity index (χ3v) is 4.54. The number of carbonyl (C=O) groups excluding carboxylic acids is 1. The number of aromatic nitrogens is 2. The largest absolute Gasteiger partial charge is 0.496 e. The highest BCUT2D eigenvalue weighted by molar-refractivity contribution is 6.30. The minimum atomic E-state index is -0.265. The van der Waals surface area contributed by atoms with Crippen molar-refractivity contribution in [1.82, 2.24) is 10.1 Å². The van der Waals surface area contributed by atoms with Gasteiger partial charge in [0.05, 0.1) is 23.9 Å². The van der Waals surface area contributed by atoms with E-state index in [4.69, 9.17) is 20.9 Å². The normalized spacial score (nSPS) is 10.6. The number of hydrogen-bond donors (Lipinski definition) is 1. The molecule has 1 aromatic heterocycles. The van der Waals surface area contributed by atoms with E-state index in [9.17, 15) is 4.79 Å². The average molecular weight is 406 g/mol. The highest BCUT2D eigenvalue weighted by Gasteiger charge is 2.17. The summed E-state index contributed by atoms with van der Waals surface area (Å²) in [6, 6.07) is 21.3. The van der Waals surface area contributed by atoms with Gasteiger partial charge in [-0.25, -0.2) is 0 Å². The van der Waals surface area contributed by atoms with E-state index in [-0.39, 0.29) is 11.8 Å². The molecule has 0 aliphatic rings. The number of hydrogen-bond acceptors (Lipinski definition) is 5. The Kier molecular flexibility index (Phi) is 5.27. The van der Waals surface area contributed by atoms with Crippen LogP contribution in [-0.4, -0.2) is 23.2 Å². The molecule has 0 spiro atoms. The lowest BCUT2D eigenvalue weighted by atomic mass is 10.1. The Hall–Kier alpha value is -3.64. The standard InChI is InChI=1S/C22H16ClN3O3/c1-28-19-9-5-3-7-17(19)20-25-22(29-26-20)16-6-2-4-8-18(16)24-21(27)14-10-12-15(23)13-11-14/h2-13H,1H3,(H,24,27). The number of nitrogens with zero attached hydrogens (tertiary/aromatic N) is 2. The van der Waals surface area contributed by atoms with Gasteiger partial charge in [0.25, 0.3) is 11.8 Å². The van der Waals surface area contributed by atoms with E-state index in [0.29, 0.717) is 39.0 Å². The maximum atomic E-state index is 12.6. The van der Waals surface area contributed by atoms with Crippen LogP contribution in [0.5, 0.6) is 5.75 Å². The summed E-state index contributed by atoms with van der Waals surface area (Å²) in [5.41, 5.74) is 2.38. The van der Waals surface area contributed by atoms with Gasteiger partial charge >= 0.3 is 0 Å². The Morgan fingerprint density at radius 3 is 2.41 bits per heavy atom. The molecule has 0 radical (unpaired) electrons. The molecule has 3 aromatic carbocycles. The minimum absolute atomic E-state index is 0.265. The second kappa shape index (κ2) is 8.16. The average Bonchev–Trinajstić information content (AvgIpc) is 3.24. The predicted molar refractivity (Wildman–Crippen MR) is 111 cm³/mol. The van der Waals surface area contributed by atoms with Crippen LogP contribution >= 0.6 is 11.6 Å². The van der Waals surface area contributed by atoms with Crippen molar-refractivity contribution < 1.29 is 14.1 Å². The zero-order valence-corrected chi connectivity index (χ0v) is 16.2. The topological polar surface area (TPSA) is 77.3 Å². The summed E-state index contributed by atoms with van der Waals surface area (Å²) in [6.07, 6.45) is 0. The number of anilines is 1. The van der Waals surface area contributed by atoms with Crippen LogP contribution in [0, 0.1) is 0 Å². The number of ether oxygens (including phenoxy) is 1. The summed E-state index contributed by atoms with van der Waals surface area (Å²) < 4.78 is 10.8. The molecule has 144 valence electrons. The number of methoxy groups -OCH3 is 1. The lowest BCUT2D eigenvalue weighted by Crippen LogP contribution is -2.12. The molecule has 0 saturated heterocycles. The van der Waals surface area contributed by atoms with Gasteiger partial charge in [0.1, 0.15) is 5.75 Å². The number of benzene rings is 3. The van der Waals surface area contributed by atoms with Crippen LogP contribution in [0.25, 0.3) is 22.8 Å². The van der Waals surface area contributed by atoms with Crippen LogP contribution in [0.1, 0.15) is 10.4 Å². The minimum Gasteiger partial charge on any atom is -0.496 e. The quantitative estimate of drug-likeness (QED) is 0.486. The molecule has 0 saturated carbocycles. The van der Waals surface area contributed by atoms with Gasteiger partial charge in [-0.15, -0.1) is 0 Å². The van der Waals surface area contributed by atoms with Crippen LogP contribution in [0.15, 0.2) is 77.3 Å². The first kappa shape index (κ1) is 18.7. The number of halogens is 1. The molecule has 1 amide bonds. The van der Waals surface area contributed by atoms with Crippen molar-refractivity contribution in [2.75, 3.05) is 12.4 Å². The van der Waals surface area contributed by atoms with E-state index in [2.05, 4.69) is 15.5 Å². The van der Waals surface area contributed by atoms with Crippen LogP contribution < -0.4 is 10.1 Å². The van der Waals surface area contributed by atoms with Crippen molar-refractivity contribution in [3.05, 3.63) is 83.4 Å². The summed E-state index contributed by atoms with van der Waals surface area (Å²) in [5, 5.41) is 7.51. The molecule has 7 heteroatoms. The third-order valence-electron chi connectivity index (χ3n) is 4.29. The first-order valence-corrected chi connectivity index (χ1v) is 9.17. The molecule has 0 atom stereocenters. The Morgan fingerprint density at radius 1 is 0.966 bits per heavy atom. The van der Waals surface area contributed by atoms with Gasteiger partial charge < -0.3 is 14.6 Å². The van der Waals surface area contributed by atoms with Gasteiger partial charge in [-0.1, -0.05) is 41.0 Å². The molecular formula is C22H16ClN3O3. The number of nitrogens with one attached hydrogen (secondary N) is 1. The molecule has 0 bridgehead atoms. The summed E-state index contributed by atoms with van der Waals surface area (Å²) in [7, 11) is 1.58. The van der Waals surface area contributed by atoms with E-state index in [1.165, 1.54) is 0 Å². The molecule has 4 rings (SSSR count). The highest BCUT2D eigenvalue weighted by Crippen LogP contribution is 2.32. The van der Waals surface area contributed by atoms with Crippen molar-refractivity contribution in [2.24, 2.45) is 0 Å². The summed E-state index contributed by atoms with van der Waals surface area (Å²) in [5.74, 6) is 1.07. The molecule has 0 aliphatic carbocycles. The highest BCUT2D eigenvalue weighted by atomic mass is 35.5. The van der Waals surface area contributed by atoms with E-state index in [1.54, 1.807) is 43.5 Å². The number of rotatable bonds is 5. The fraction of sp³-hybridized carbons (Fsp3) is 0.0455. The molecule has 4 aromatic rings. The molecule has 1 N–H and O–H groups in total. The van der Waals surface area contributed by atoms with E-state index in [1.807, 2.05) is 36.4 Å². The predicted octanol–water partition coefficient (Wildman–Crippen LogP) is 5.32. The molecule has 0 fully saturated rings. The Labute approximate surface area is 172 Å².